The minimum absolute atomic E-state index is 0.0283. The van der Waals surface area contributed by atoms with Gasteiger partial charge in [-0.1, -0.05) is 49.4 Å². The minimum Gasteiger partial charge on any atom is -0.461 e. The molecule has 4 rings (SSSR count). The Hall–Kier alpha value is -2.68. The molecule has 6 atom stereocenters. The van der Waals surface area contributed by atoms with Crippen LogP contribution in [0.5, 0.6) is 0 Å². The lowest BCUT2D eigenvalue weighted by atomic mass is 9.62. The molecule has 2 amide bonds. The maximum Gasteiger partial charge on any atom is 0.313 e. The fourth-order valence-electron chi connectivity index (χ4n) is 6.67. The molecule has 0 aliphatic carbocycles. The number of para-hydroxylation sites is 1. The zero-order valence-electron chi connectivity index (χ0n) is 22.1. The van der Waals surface area contributed by atoms with E-state index in [0.717, 1.165) is 0 Å². The number of hydrogen-bond donors (Lipinski definition) is 1. The maximum absolute atomic E-state index is 14.5. The number of ether oxygens (including phenoxy) is 2. The van der Waals surface area contributed by atoms with Crippen molar-refractivity contribution in [2.75, 3.05) is 31.2 Å². The van der Waals surface area contributed by atoms with E-state index in [-0.39, 0.29) is 37.5 Å². The van der Waals surface area contributed by atoms with Gasteiger partial charge < -0.3 is 24.4 Å². The number of rotatable bonds is 12. The second kappa shape index (κ2) is 11.2. The zero-order valence-corrected chi connectivity index (χ0v) is 22.9. The molecule has 3 aliphatic heterocycles. The van der Waals surface area contributed by atoms with E-state index in [1.165, 1.54) is 11.0 Å². The van der Waals surface area contributed by atoms with E-state index in [2.05, 4.69) is 13.2 Å². The van der Waals surface area contributed by atoms with Crippen molar-refractivity contribution >= 4 is 35.1 Å². The van der Waals surface area contributed by atoms with Crippen LogP contribution in [0.3, 0.4) is 0 Å². The summed E-state index contributed by atoms with van der Waals surface area (Å²) in [7, 11) is 0. The maximum atomic E-state index is 14.5. The Bertz CT molecular complexity index is 1110. The molecule has 1 N–H and O–H groups in total. The number of aliphatic hydroxyl groups is 1. The summed E-state index contributed by atoms with van der Waals surface area (Å²) in [6.07, 6.45) is 5.45. The highest BCUT2D eigenvalue weighted by Crippen LogP contribution is 2.65. The van der Waals surface area contributed by atoms with Gasteiger partial charge in [0.2, 0.25) is 5.91 Å². The summed E-state index contributed by atoms with van der Waals surface area (Å²) in [6.45, 7) is 11.9. The van der Waals surface area contributed by atoms with Crippen molar-refractivity contribution in [3.05, 3.63) is 54.6 Å². The van der Waals surface area contributed by atoms with E-state index >= 15 is 0 Å². The summed E-state index contributed by atoms with van der Waals surface area (Å²) in [5.74, 6) is -2.89. The molecule has 206 valence electrons. The molecule has 2 bridgehead atoms. The summed E-state index contributed by atoms with van der Waals surface area (Å²) >= 11 is 6.50. The van der Waals surface area contributed by atoms with E-state index < -0.39 is 35.0 Å². The largest absolute Gasteiger partial charge is 0.461 e. The van der Waals surface area contributed by atoms with Crippen LogP contribution in [-0.4, -0.2) is 71.3 Å². The predicted molar refractivity (Wildman–Crippen MR) is 145 cm³/mol. The number of hydrogen-bond acceptors (Lipinski definition) is 6. The highest BCUT2D eigenvalue weighted by molar-refractivity contribution is 6.34. The summed E-state index contributed by atoms with van der Waals surface area (Å²) in [4.78, 5) is 45.1. The van der Waals surface area contributed by atoms with Gasteiger partial charge >= 0.3 is 5.97 Å². The van der Waals surface area contributed by atoms with Gasteiger partial charge in [0.25, 0.3) is 5.91 Å². The summed E-state index contributed by atoms with van der Waals surface area (Å²) < 4.78 is 12.2. The Balaban J connectivity index is 1.79. The first-order valence-corrected chi connectivity index (χ1v) is 13.6. The van der Waals surface area contributed by atoms with Gasteiger partial charge in [-0.25, -0.2) is 0 Å². The van der Waals surface area contributed by atoms with Crippen LogP contribution < -0.4 is 4.90 Å². The highest BCUT2D eigenvalue weighted by atomic mass is 35.5. The van der Waals surface area contributed by atoms with Gasteiger partial charge in [-0.2, -0.15) is 0 Å². The van der Waals surface area contributed by atoms with Gasteiger partial charge in [0.15, 0.2) is 0 Å². The quantitative estimate of drug-likeness (QED) is 0.244. The zero-order chi connectivity index (χ0) is 27.7. The first-order chi connectivity index (χ1) is 18.2. The number of aliphatic hydroxyl groups excluding tert-OH is 1. The lowest BCUT2D eigenvalue weighted by Gasteiger charge is -2.37. The van der Waals surface area contributed by atoms with E-state index in [1.54, 1.807) is 35.2 Å². The Labute approximate surface area is 229 Å². The molecule has 3 unspecified atom stereocenters. The Kier molecular flexibility index (Phi) is 8.35. The molecule has 9 heteroatoms. The van der Waals surface area contributed by atoms with Gasteiger partial charge in [-0.15, -0.1) is 6.58 Å². The van der Waals surface area contributed by atoms with Crippen LogP contribution >= 0.6 is 11.6 Å². The number of fused-ring (bicyclic) bond motifs is 1. The van der Waals surface area contributed by atoms with Crippen molar-refractivity contribution in [3.8, 4) is 0 Å². The van der Waals surface area contributed by atoms with Crippen molar-refractivity contribution in [1.29, 1.82) is 0 Å². The average Bonchev–Trinajstić information content (AvgIpc) is 3.40. The number of nitrogens with zero attached hydrogens (tertiary/aromatic N) is 2. The van der Waals surface area contributed by atoms with E-state index in [9.17, 15) is 19.5 Å². The number of anilines is 1. The number of esters is 1. The third-order valence-electron chi connectivity index (χ3n) is 8.42. The molecule has 8 nitrogen and oxygen atoms in total. The first kappa shape index (κ1) is 28.3. The molecule has 0 radical (unpaired) electrons. The molecule has 3 heterocycles. The van der Waals surface area contributed by atoms with Crippen LogP contribution in [0.2, 0.25) is 5.02 Å². The topological polar surface area (TPSA) is 96.4 Å². The summed E-state index contributed by atoms with van der Waals surface area (Å²) in [5, 5.41) is 9.63. The van der Waals surface area contributed by atoms with E-state index in [0.29, 0.717) is 42.9 Å². The molecular weight excluding hydrogens is 508 g/mol. The van der Waals surface area contributed by atoms with Gasteiger partial charge in [-0.05, 0) is 50.7 Å². The third-order valence-corrected chi connectivity index (χ3v) is 8.74. The Morgan fingerprint density at radius 1 is 1.26 bits per heavy atom. The van der Waals surface area contributed by atoms with Crippen LogP contribution in [0.25, 0.3) is 0 Å². The monoisotopic (exact) mass is 544 g/mol. The average molecular weight is 545 g/mol. The Morgan fingerprint density at radius 3 is 2.66 bits per heavy atom. The van der Waals surface area contributed by atoms with E-state index in [1.807, 2.05) is 13.8 Å². The van der Waals surface area contributed by atoms with Crippen molar-refractivity contribution in [2.24, 2.45) is 17.8 Å². The number of halogens is 1. The second-order valence-corrected chi connectivity index (χ2v) is 11.0. The van der Waals surface area contributed by atoms with Crippen LogP contribution in [0.4, 0.5) is 5.69 Å². The predicted octanol–water partition coefficient (Wildman–Crippen LogP) is 3.76. The Morgan fingerprint density at radius 2 is 2.00 bits per heavy atom. The first-order valence-electron chi connectivity index (χ1n) is 13.2. The molecule has 3 fully saturated rings. The normalized spacial score (nSPS) is 31.3. The number of unbranched alkanes of at least 4 members (excludes halogenated alkanes) is 2. The van der Waals surface area contributed by atoms with Crippen LogP contribution in [0.1, 0.15) is 39.5 Å². The molecule has 3 saturated heterocycles. The minimum atomic E-state index is -1.18. The number of likely N-dealkylation sites (tertiary alicyclic amines) is 1. The molecular formula is C29H37ClN2O6. The summed E-state index contributed by atoms with van der Waals surface area (Å²) in [5.41, 5.74) is -1.62. The van der Waals surface area contributed by atoms with Crippen molar-refractivity contribution in [3.63, 3.8) is 0 Å². The number of benzene rings is 1. The number of carbonyl (C=O) groups is 3. The van der Waals surface area contributed by atoms with Crippen molar-refractivity contribution < 1.29 is 29.0 Å². The number of amides is 2. The van der Waals surface area contributed by atoms with Gasteiger partial charge in [-0.3, -0.25) is 14.4 Å². The SMILES string of the molecule is C=CCOC(=O)[C@@H]1[C@H]2C(=O)N(CCCCCO)C(C(=O)N(CC=C)c3ccccc3Cl)C23CC(C)[C@@]1(C)O3. The smallest absolute Gasteiger partial charge is 0.313 e. The molecule has 1 aromatic carbocycles. The number of carbonyl (C=O) groups excluding carboxylic acids is 3. The van der Waals surface area contributed by atoms with Gasteiger partial charge in [0, 0.05) is 19.7 Å². The van der Waals surface area contributed by atoms with Crippen LogP contribution in [0, 0.1) is 17.8 Å². The molecule has 3 aliphatic rings. The molecule has 0 aromatic heterocycles. The lowest BCUT2D eigenvalue weighted by Crippen LogP contribution is -2.57. The molecule has 0 saturated carbocycles. The molecule has 38 heavy (non-hydrogen) atoms. The second-order valence-electron chi connectivity index (χ2n) is 10.6. The fourth-order valence-corrected chi connectivity index (χ4v) is 6.91. The highest BCUT2D eigenvalue weighted by Gasteiger charge is 2.80. The lowest BCUT2D eigenvalue weighted by molar-refractivity contribution is -0.160. The van der Waals surface area contributed by atoms with Crippen LogP contribution in [-0.2, 0) is 23.9 Å². The van der Waals surface area contributed by atoms with Gasteiger partial charge in [0.05, 0.1) is 22.2 Å². The van der Waals surface area contributed by atoms with Crippen LogP contribution in [0.15, 0.2) is 49.6 Å². The van der Waals surface area contributed by atoms with Gasteiger partial charge in [0.1, 0.15) is 24.2 Å². The molecule has 1 spiro atoms. The summed E-state index contributed by atoms with van der Waals surface area (Å²) in [6, 6.07) is 6.10. The van der Waals surface area contributed by atoms with Crippen molar-refractivity contribution in [2.45, 2.75) is 56.8 Å². The fraction of sp³-hybridized carbons (Fsp3) is 0.552. The molecule has 1 aromatic rings. The third kappa shape index (κ3) is 4.46. The standard InChI is InChI=1S/C29H37ClN2O6/c1-5-14-31(21-13-9-8-12-20(21)30)26(35)24-29-18-19(3)28(4,38-29)23(27(36)37-17-6-2)22(29)25(34)32(24)15-10-7-11-16-33/h5-6,8-9,12-13,19,22-24,33H,1-2,7,10-11,14-18H2,3-4H3/t19?,22-,23-,24?,28+,29?/m0/s1. The van der Waals surface area contributed by atoms with Crippen molar-refractivity contribution in [1.82, 2.24) is 4.90 Å². The van der Waals surface area contributed by atoms with E-state index in [4.69, 9.17) is 21.1 Å².